The number of hydrogen-bond donors (Lipinski definition) is 0. The maximum Gasteiger partial charge on any atom is 0.136 e. The van der Waals surface area contributed by atoms with Crippen molar-refractivity contribution in [2.24, 2.45) is 0 Å². The number of furan rings is 2. The van der Waals surface area contributed by atoms with Gasteiger partial charge in [-0.05, 0) is 84.9 Å². The molecule has 0 N–H and O–H groups in total. The van der Waals surface area contributed by atoms with Crippen LogP contribution in [0.3, 0.4) is 0 Å². The molecule has 0 fully saturated rings. The fourth-order valence-electron chi connectivity index (χ4n) is 7.30. The highest BCUT2D eigenvalue weighted by molar-refractivity contribution is 6.26. The SMILES string of the molecule is c1cnc2c3ccncc3n(-c3ccc4oc5ccc6oc7ccc(-n8c9cnccc9c9ncccc98)cc7c6c5c4c3)c2c1. The van der Waals surface area contributed by atoms with Crippen LogP contribution in [0.4, 0.5) is 0 Å². The van der Waals surface area contributed by atoms with Crippen LogP contribution >= 0.6 is 0 Å². The topological polar surface area (TPSA) is 87.7 Å². The Morgan fingerprint density at radius 3 is 1.41 bits per heavy atom. The van der Waals surface area contributed by atoms with Gasteiger partial charge < -0.3 is 18.0 Å². The molecule has 0 saturated heterocycles. The predicted octanol–water partition coefficient (Wildman–Crippen LogP) is 9.26. The number of hydrogen-bond acceptors (Lipinski definition) is 6. The summed E-state index contributed by atoms with van der Waals surface area (Å²) in [7, 11) is 0. The highest BCUT2D eigenvalue weighted by Crippen LogP contribution is 2.42. The van der Waals surface area contributed by atoms with E-state index in [1.54, 1.807) is 0 Å². The van der Waals surface area contributed by atoms with Gasteiger partial charge in [0.1, 0.15) is 22.3 Å². The Hall–Kier alpha value is -6.54. The van der Waals surface area contributed by atoms with E-state index in [-0.39, 0.29) is 0 Å². The number of aromatic nitrogens is 6. The molecule has 0 bridgehead atoms. The van der Waals surface area contributed by atoms with Gasteiger partial charge in [-0.3, -0.25) is 19.9 Å². The van der Waals surface area contributed by atoms with Crippen LogP contribution in [0, 0.1) is 0 Å². The van der Waals surface area contributed by atoms with Crippen molar-refractivity contribution in [2.45, 2.75) is 0 Å². The normalized spacial score (nSPS) is 12.3. The zero-order valence-electron chi connectivity index (χ0n) is 24.0. The number of fused-ring (bicyclic) bond motifs is 13. The van der Waals surface area contributed by atoms with Gasteiger partial charge in [0.25, 0.3) is 0 Å². The minimum Gasteiger partial charge on any atom is -0.456 e. The Morgan fingerprint density at radius 1 is 0.435 bits per heavy atom. The first-order chi connectivity index (χ1) is 22.8. The van der Waals surface area contributed by atoms with E-state index >= 15 is 0 Å². The lowest BCUT2D eigenvalue weighted by atomic mass is 10.0. The standard InChI is InChI=1S/C38H20N6O2/c1-3-27-37(41-13-1)23-11-15-39-19-29(23)43(27)21-5-7-31-25(17-21)35-33(45-31)9-10-34-36(35)26-18-22(6-8-32(26)46-34)44-28-4-2-14-42-38(28)24-12-16-40-20-30(24)44/h1-20H. The fourth-order valence-corrected chi connectivity index (χ4v) is 7.30. The lowest BCUT2D eigenvalue weighted by molar-refractivity contribution is 0.663. The minimum absolute atomic E-state index is 0.809. The summed E-state index contributed by atoms with van der Waals surface area (Å²) in [5, 5.41) is 6.20. The van der Waals surface area contributed by atoms with Gasteiger partial charge in [0, 0.05) is 68.5 Å². The lowest BCUT2D eigenvalue weighted by Crippen LogP contribution is -1.94. The summed E-state index contributed by atoms with van der Waals surface area (Å²) < 4.78 is 17.3. The summed E-state index contributed by atoms with van der Waals surface area (Å²) in [5.41, 5.74) is 11.2. The molecule has 0 radical (unpaired) electrons. The van der Waals surface area contributed by atoms with Crippen molar-refractivity contribution < 1.29 is 8.83 Å². The zero-order chi connectivity index (χ0) is 29.9. The van der Waals surface area contributed by atoms with Crippen LogP contribution in [-0.2, 0) is 0 Å². The van der Waals surface area contributed by atoms with E-state index in [0.29, 0.717) is 0 Å². The summed E-state index contributed by atoms with van der Waals surface area (Å²) in [6.07, 6.45) is 11.1. The van der Waals surface area contributed by atoms with E-state index in [2.05, 4.69) is 55.5 Å². The molecule has 0 aliphatic carbocycles. The van der Waals surface area contributed by atoms with Crippen LogP contribution < -0.4 is 0 Å². The molecule has 0 amide bonds. The highest BCUT2D eigenvalue weighted by Gasteiger charge is 2.20. The summed E-state index contributed by atoms with van der Waals surface area (Å²) in [6.45, 7) is 0. The quantitative estimate of drug-likeness (QED) is 0.199. The van der Waals surface area contributed by atoms with Crippen LogP contribution in [0.25, 0.3) is 99.1 Å². The van der Waals surface area contributed by atoms with E-state index in [1.807, 2.05) is 85.7 Å². The first-order valence-electron chi connectivity index (χ1n) is 15.0. The van der Waals surface area contributed by atoms with Gasteiger partial charge in [-0.15, -0.1) is 0 Å². The molecule has 11 aromatic rings. The first kappa shape index (κ1) is 23.9. The molecule has 0 spiro atoms. The Balaban J connectivity index is 1.22. The number of pyridine rings is 4. The second kappa shape index (κ2) is 8.55. The number of rotatable bonds is 2. The third-order valence-electron chi connectivity index (χ3n) is 9.20. The van der Waals surface area contributed by atoms with E-state index < -0.39 is 0 Å². The van der Waals surface area contributed by atoms with Crippen molar-refractivity contribution in [3.05, 3.63) is 122 Å². The molecule has 0 unspecified atom stereocenters. The molecule has 11 rings (SSSR count). The molecule has 3 aromatic carbocycles. The van der Waals surface area contributed by atoms with Crippen LogP contribution in [0.15, 0.2) is 131 Å². The molecular formula is C38H20N6O2. The van der Waals surface area contributed by atoms with Crippen molar-refractivity contribution >= 4 is 87.7 Å². The molecule has 0 saturated carbocycles. The number of benzene rings is 3. The van der Waals surface area contributed by atoms with Crippen molar-refractivity contribution in [1.29, 1.82) is 0 Å². The lowest BCUT2D eigenvalue weighted by Gasteiger charge is -2.08. The molecule has 0 aliphatic rings. The minimum atomic E-state index is 0.809. The third kappa shape index (κ3) is 3.02. The number of nitrogens with zero attached hydrogens (tertiary/aromatic N) is 6. The van der Waals surface area contributed by atoms with Crippen molar-refractivity contribution in [3.8, 4) is 11.4 Å². The van der Waals surface area contributed by atoms with Crippen LogP contribution in [0.5, 0.6) is 0 Å². The first-order valence-corrected chi connectivity index (χ1v) is 15.0. The summed E-state index contributed by atoms with van der Waals surface area (Å²) >= 11 is 0. The second-order valence-corrected chi connectivity index (χ2v) is 11.6. The van der Waals surface area contributed by atoms with Gasteiger partial charge >= 0.3 is 0 Å². The molecule has 8 heteroatoms. The van der Waals surface area contributed by atoms with Crippen LogP contribution in [-0.4, -0.2) is 29.1 Å². The average Bonchev–Trinajstić information content (AvgIpc) is 3.85. The van der Waals surface area contributed by atoms with Gasteiger partial charge in [-0.2, -0.15) is 0 Å². The smallest absolute Gasteiger partial charge is 0.136 e. The maximum absolute atomic E-state index is 6.45. The maximum atomic E-state index is 6.45. The third-order valence-corrected chi connectivity index (χ3v) is 9.20. The molecule has 0 aliphatic heterocycles. The second-order valence-electron chi connectivity index (χ2n) is 11.6. The van der Waals surface area contributed by atoms with Gasteiger partial charge in [0.2, 0.25) is 0 Å². The van der Waals surface area contributed by atoms with Gasteiger partial charge in [0.05, 0.1) is 45.5 Å². The zero-order valence-corrected chi connectivity index (χ0v) is 24.0. The Kier molecular flexibility index (Phi) is 4.43. The Bertz CT molecular complexity index is 2740. The molecule has 8 nitrogen and oxygen atoms in total. The highest BCUT2D eigenvalue weighted by atomic mass is 16.3. The molecule has 214 valence electrons. The van der Waals surface area contributed by atoms with Gasteiger partial charge in [-0.25, -0.2) is 0 Å². The molecular weight excluding hydrogens is 572 g/mol. The molecule has 46 heavy (non-hydrogen) atoms. The average molecular weight is 593 g/mol. The Morgan fingerprint density at radius 2 is 0.913 bits per heavy atom. The van der Waals surface area contributed by atoms with E-state index in [1.165, 1.54) is 0 Å². The Labute approximate surface area is 258 Å². The molecule has 0 atom stereocenters. The van der Waals surface area contributed by atoms with Gasteiger partial charge in [0.15, 0.2) is 0 Å². The summed E-state index contributed by atoms with van der Waals surface area (Å²) in [6, 6.07) is 28.9. The van der Waals surface area contributed by atoms with E-state index in [4.69, 9.17) is 18.8 Å². The van der Waals surface area contributed by atoms with E-state index in [9.17, 15) is 0 Å². The monoisotopic (exact) mass is 592 g/mol. The van der Waals surface area contributed by atoms with Gasteiger partial charge in [-0.1, -0.05) is 0 Å². The summed E-state index contributed by atoms with van der Waals surface area (Å²) in [4.78, 5) is 18.3. The van der Waals surface area contributed by atoms with Crippen molar-refractivity contribution in [2.75, 3.05) is 0 Å². The van der Waals surface area contributed by atoms with Crippen LogP contribution in [0.1, 0.15) is 0 Å². The van der Waals surface area contributed by atoms with Crippen molar-refractivity contribution in [3.63, 3.8) is 0 Å². The molecule has 8 aromatic heterocycles. The summed E-state index contributed by atoms with van der Waals surface area (Å²) in [5.74, 6) is 0. The fraction of sp³-hybridized carbons (Fsp3) is 0. The van der Waals surface area contributed by atoms with Crippen molar-refractivity contribution in [1.82, 2.24) is 29.1 Å². The van der Waals surface area contributed by atoms with Crippen LogP contribution in [0.2, 0.25) is 0 Å². The largest absolute Gasteiger partial charge is 0.456 e. The molecule has 8 heterocycles. The van der Waals surface area contributed by atoms with E-state index in [0.717, 1.165) is 99.1 Å². The predicted molar refractivity (Wildman–Crippen MR) is 181 cm³/mol.